The summed E-state index contributed by atoms with van der Waals surface area (Å²) in [5, 5.41) is 3.33. The fraction of sp³-hybridized carbons (Fsp3) is 0.286. The van der Waals surface area contributed by atoms with Crippen LogP contribution in [0.5, 0.6) is 0 Å². The highest BCUT2D eigenvalue weighted by Gasteiger charge is 2.06. The Morgan fingerprint density at radius 2 is 1.88 bits per heavy atom. The first-order chi connectivity index (χ1) is 8.15. The predicted octanol–water partition coefficient (Wildman–Crippen LogP) is 3.58. The van der Waals surface area contributed by atoms with Crippen LogP contribution in [0.1, 0.15) is 30.0 Å². The molecule has 0 saturated heterocycles. The van der Waals surface area contributed by atoms with Crippen molar-refractivity contribution in [1.82, 2.24) is 5.32 Å². The predicted molar refractivity (Wildman–Crippen MR) is 65.1 cm³/mol. The highest BCUT2D eigenvalue weighted by Crippen LogP contribution is 2.14. The molecule has 2 nitrogen and oxygen atoms in total. The summed E-state index contributed by atoms with van der Waals surface area (Å²) in [6.45, 7) is 4.64. The van der Waals surface area contributed by atoms with Gasteiger partial charge in [-0.1, -0.05) is 12.1 Å². The number of halogens is 1. The van der Waals surface area contributed by atoms with Crippen molar-refractivity contribution >= 4 is 0 Å². The number of furan rings is 1. The van der Waals surface area contributed by atoms with Gasteiger partial charge >= 0.3 is 0 Å². The van der Waals surface area contributed by atoms with Crippen molar-refractivity contribution in [3.05, 3.63) is 59.3 Å². The van der Waals surface area contributed by atoms with Crippen molar-refractivity contribution in [3.63, 3.8) is 0 Å². The third-order valence-electron chi connectivity index (χ3n) is 2.75. The molecule has 90 valence electrons. The lowest BCUT2D eigenvalue weighted by Gasteiger charge is -2.13. The van der Waals surface area contributed by atoms with Gasteiger partial charge in [-0.15, -0.1) is 0 Å². The van der Waals surface area contributed by atoms with Gasteiger partial charge in [-0.2, -0.15) is 0 Å². The summed E-state index contributed by atoms with van der Waals surface area (Å²) in [6, 6.07) is 10.6. The van der Waals surface area contributed by atoms with Gasteiger partial charge in [0, 0.05) is 6.04 Å². The molecule has 0 aliphatic heterocycles. The van der Waals surface area contributed by atoms with Gasteiger partial charge in [0.25, 0.3) is 0 Å². The minimum Gasteiger partial charge on any atom is -0.465 e. The Balaban J connectivity index is 1.93. The van der Waals surface area contributed by atoms with E-state index in [-0.39, 0.29) is 11.9 Å². The lowest BCUT2D eigenvalue weighted by atomic mass is 10.1. The number of hydrogen-bond donors (Lipinski definition) is 1. The zero-order chi connectivity index (χ0) is 12.3. The van der Waals surface area contributed by atoms with Crippen LogP contribution in [0.15, 0.2) is 40.8 Å². The monoisotopic (exact) mass is 233 g/mol. The molecule has 0 saturated carbocycles. The number of benzene rings is 1. The lowest BCUT2D eigenvalue weighted by Crippen LogP contribution is -2.17. The molecule has 2 aromatic rings. The first kappa shape index (κ1) is 11.9. The molecule has 1 atom stereocenters. The molecular weight excluding hydrogens is 217 g/mol. The molecule has 0 aliphatic rings. The summed E-state index contributed by atoms with van der Waals surface area (Å²) >= 11 is 0. The Labute approximate surface area is 100 Å². The number of nitrogens with one attached hydrogen (secondary N) is 1. The Hall–Kier alpha value is -1.61. The van der Waals surface area contributed by atoms with Crippen LogP contribution in [0, 0.1) is 12.7 Å². The minimum atomic E-state index is -0.206. The lowest BCUT2D eigenvalue weighted by molar-refractivity contribution is 0.444. The summed E-state index contributed by atoms with van der Waals surface area (Å²) in [5.74, 6) is 1.62. The molecule has 2 rings (SSSR count). The van der Waals surface area contributed by atoms with E-state index < -0.39 is 0 Å². The van der Waals surface area contributed by atoms with Crippen molar-refractivity contribution in [3.8, 4) is 0 Å². The van der Waals surface area contributed by atoms with E-state index in [9.17, 15) is 4.39 Å². The van der Waals surface area contributed by atoms with Crippen LogP contribution < -0.4 is 5.32 Å². The highest BCUT2D eigenvalue weighted by atomic mass is 19.1. The number of aryl methyl sites for hydroxylation is 1. The fourth-order valence-electron chi connectivity index (χ4n) is 1.70. The van der Waals surface area contributed by atoms with Crippen LogP contribution >= 0.6 is 0 Å². The van der Waals surface area contributed by atoms with Gasteiger partial charge in [0.2, 0.25) is 0 Å². The molecule has 3 heteroatoms. The van der Waals surface area contributed by atoms with Crippen molar-refractivity contribution in [2.24, 2.45) is 0 Å². The van der Waals surface area contributed by atoms with Gasteiger partial charge in [-0.3, -0.25) is 0 Å². The summed E-state index contributed by atoms with van der Waals surface area (Å²) in [4.78, 5) is 0. The first-order valence-corrected chi connectivity index (χ1v) is 5.69. The second-order valence-electron chi connectivity index (χ2n) is 4.17. The van der Waals surface area contributed by atoms with Gasteiger partial charge in [-0.25, -0.2) is 4.39 Å². The zero-order valence-corrected chi connectivity index (χ0v) is 10.0. The summed E-state index contributed by atoms with van der Waals surface area (Å²) in [5.41, 5.74) is 1.06. The average molecular weight is 233 g/mol. The molecule has 0 spiro atoms. The second-order valence-corrected chi connectivity index (χ2v) is 4.17. The summed E-state index contributed by atoms with van der Waals surface area (Å²) < 4.78 is 18.2. The zero-order valence-electron chi connectivity index (χ0n) is 10.0. The maximum atomic E-state index is 12.8. The van der Waals surface area contributed by atoms with Gasteiger partial charge in [0.1, 0.15) is 17.3 Å². The molecule has 1 unspecified atom stereocenters. The number of rotatable bonds is 4. The maximum Gasteiger partial charge on any atom is 0.123 e. The molecular formula is C14H16FNO. The van der Waals surface area contributed by atoms with Crippen molar-refractivity contribution in [2.75, 3.05) is 0 Å². The largest absolute Gasteiger partial charge is 0.465 e. The van der Waals surface area contributed by atoms with Crippen molar-refractivity contribution < 1.29 is 8.81 Å². The molecule has 1 N–H and O–H groups in total. The molecule has 1 aromatic carbocycles. The van der Waals surface area contributed by atoms with E-state index in [0.717, 1.165) is 17.1 Å². The Morgan fingerprint density at radius 1 is 1.18 bits per heavy atom. The molecule has 17 heavy (non-hydrogen) atoms. The Morgan fingerprint density at radius 3 is 2.47 bits per heavy atom. The molecule has 1 aromatic heterocycles. The van der Waals surface area contributed by atoms with E-state index in [1.54, 1.807) is 12.1 Å². The Bertz CT molecular complexity index is 475. The van der Waals surface area contributed by atoms with E-state index >= 15 is 0 Å². The molecule has 0 bridgehead atoms. The van der Waals surface area contributed by atoms with Crippen LogP contribution in [0.4, 0.5) is 4.39 Å². The normalized spacial score (nSPS) is 12.6. The molecule has 0 amide bonds. The SMILES string of the molecule is Cc1ccc(CNC(C)c2ccc(F)cc2)o1. The van der Waals surface area contributed by atoms with Crippen molar-refractivity contribution in [2.45, 2.75) is 26.4 Å². The van der Waals surface area contributed by atoms with E-state index in [0.29, 0.717) is 6.54 Å². The van der Waals surface area contributed by atoms with E-state index in [1.165, 1.54) is 12.1 Å². The minimum absolute atomic E-state index is 0.168. The van der Waals surface area contributed by atoms with E-state index in [2.05, 4.69) is 5.32 Å². The summed E-state index contributed by atoms with van der Waals surface area (Å²) in [6.07, 6.45) is 0. The topological polar surface area (TPSA) is 25.2 Å². The third-order valence-corrected chi connectivity index (χ3v) is 2.75. The summed E-state index contributed by atoms with van der Waals surface area (Å²) in [7, 11) is 0. The van der Waals surface area contributed by atoms with Crippen LogP contribution in [-0.2, 0) is 6.54 Å². The molecule has 1 heterocycles. The van der Waals surface area contributed by atoms with Crippen LogP contribution in [0.25, 0.3) is 0 Å². The number of hydrogen-bond acceptors (Lipinski definition) is 2. The quantitative estimate of drug-likeness (QED) is 0.873. The standard InChI is InChI=1S/C14H16FNO/c1-10-3-8-14(17-10)9-16-11(2)12-4-6-13(15)7-5-12/h3-8,11,16H,9H2,1-2H3. The average Bonchev–Trinajstić information content (AvgIpc) is 2.73. The Kier molecular flexibility index (Phi) is 3.59. The van der Waals surface area contributed by atoms with Gasteiger partial charge < -0.3 is 9.73 Å². The van der Waals surface area contributed by atoms with Crippen LogP contribution in [0.2, 0.25) is 0 Å². The second kappa shape index (κ2) is 5.15. The van der Waals surface area contributed by atoms with Gasteiger partial charge in [-0.05, 0) is 43.7 Å². The molecule has 0 radical (unpaired) electrons. The van der Waals surface area contributed by atoms with E-state index in [1.807, 2.05) is 26.0 Å². The maximum absolute atomic E-state index is 12.8. The van der Waals surface area contributed by atoms with Gasteiger partial charge in [0.05, 0.1) is 6.54 Å². The fourth-order valence-corrected chi connectivity index (χ4v) is 1.70. The van der Waals surface area contributed by atoms with Crippen LogP contribution in [-0.4, -0.2) is 0 Å². The van der Waals surface area contributed by atoms with Crippen molar-refractivity contribution in [1.29, 1.82) is 0 Å². The molecule has 0 aliphatic carbocycles. The van der Waals surface area contributed by atoms with Crippen LogP contribution in [0.3, 0.4) is 0 Å². The first-order valence-electron chi connectivity index (χ1n) is 5.69. The van der Waals surface area contributed by atoms with Gasteiger partial charge in [0.15, 0.2) is 0 Å². The highest BCUT2D eigenvalue weighted by molar-refractivity contribution is 5.19. The third kappa shape index (κ3) is 3.17. The smallest absolute Gasteiger partial charge is 0.123 e. The van der Waals surface area contributed by atoms with E-state index in [4.69, 9.17) is 4.42 Å². The molecule has 0 fully saturated rings.